The van der Waals surface area contributed by atoms with Gasteiger partial charge in [-0.1, -0.05) is 62.9 Å². The van der Waals surface area contributed by atoms with E-state index >= 15 is 0 Å². The Morgan fingerprint density at radius 3 is 2.54 bits per heavy atom. The summed E-state index contributed by atoms with van der Waals surface area (Å²) in [4.78, 5) is 16.0. The predicted molar refractivity (Wildman–Crippen MR) is 116 cm³/mol. The van der Waals surface area contributed by atoms with Crippen molar-refractivity contribution < 1.29 is 9.90 Å². The number of rotatable bonds is 7. The van der Waals surface area contributed by atoms with Gasteiger partial charge in [0.15, 0.2) is 0 Å². The van der Waals surface area contributed by atoms with E-state index in [0.29, 0.717) is 0 Å². The molecule has 0 aromatic heterocycles. The molecule has 1 fully saturated rings. The van der Waals surface area contributed by atoms with Gasteiger partial charge in [-0.2, -0.15) is 0 Å². The number of hydrogen-bond acceptors (Lipinski definition) is 3. The van der Waals surface area contributed by atoms with E-state index in [1.807, 2.05) is 11.8 Å². The van der Waals surface area contributed by atoms with Crippen LogP contribution in [0.25, 0.3) is 0 Å². The van der Waals surface area contributed by atoms with Gasteiger partial charge in [-0.05, 0) is 73.5 Å². The number of carbonyl (C=O) groups is 1. The Morgan fingerprint density at radius 2 is 1.86 bits per heavy atom. The normalized spacial score (nSPS) is 17.8. The van der Waals surface area contributed by atoms with Gasteiger partial charge >= 0.3 is 5.97 Å². The average molecular weight is 398 g/mol. The second-order valence-electron chi connectivity index (χ2n) is 8.62. The molecule has 3 nitrogen and oxygen atoms in total. The topological polar surface area (TPSA) is 40.5 Å². The molecular weight excluding hydrogens is 366 g/mol. The summed E-state index contributed by atoms with van der Waals surface area (Å²) in [6.45, 7) is 8.48. The smallest absolute Gasteiger partial charge is 0.320 e. The Hall–Kier alpha value is -1.78. The van der Waals surface area contributed by atoms with Crippen LogP contribution in [-0.4, -0.2) is 35.1 Å². The van der Waals surface area contributed by atoms with E-state index in [2.05, 4.69) is 74.2 Å². The van der Waals surface area contributed by atoms with Crippen LogP contribution in [0.15, 0.2) is 58.3 Å². The lowest BCUT2D eigenvalue weighted by atomic mass is 9.87. The van der Waals surface area contributed by atoms with Crippen molar-refractivity contribution in [1.29, 1.82) is 0 Å². The molecule has 1 aliphatic rings. The zero-order valence-corrected chi connectivity index (χ0v) is 18.0. The Balaban J connectivity index is 1.61. The first-order valence-electron chi connectivity index (χ1n) is 10.2. The van der Waals surface area contributed by atoms with E-state index in [0.717, 1.165) is 38.8 Å². The molecule has 1 aliphatic heterocycles. The molecule has 1 heterocycles. The van der Waals surface area contributed by atoms with Gasteiger partial charge in [0.05, 0.1) is 0 Å². The number of carboxylic acids is 1. The summed E-state index contributed by atoms with van der Waals surface area (Å²) in [6.07, 6.45) is 3.75. The van der Waals surface area contributed by atoms with Gasteiger partial charge in [-0.25, -0.2) is 0 Å². The van der Waals surface area contributed by atoms with Crippen LogP contribution in [0.3, 0.4) is 0 Å². The van der Waals surface area contributed by atoms with E-state index in [1.54, 1.807) is 0 Å². The highest BCUT2D eigenvalue weighted by Crippen LogP contribution is 2.33. The summed E-state index contributed by atoms with van der Waals surface area (Å²) in [7, 11) is 0. The maximum atomic E-state index is 11.3. The summed E-state index contributed by atoms with van der Waals surface area (Å²) >= 11 is 1.81. The zero-order chi connectivity index (χ0) is 20.1. The largest absolute Gasteiger partial charge is 0.480 e. The van der Waals surface area contributed by atoms with Crippen LogP contribution in [0.2, 0.25) is 0 Å². The van der Waals surface area contributed by atoms with Crippen LogP contribution >= 0.6 is 11.8 Å². The average Bonchev–Trinajstić information content (AvgIpc) is 3.12. The highest BCUT2D eigenvalue weighted by atomic mass is 32.2. The summed E-state index contributed by atoms with van der Waals surface area (Å²) in [5, 5.41) is 9.33. The number of hydrogen-bond donors (Lipinski definition) is 1. The summed E-state index contributed by atoms with van der Waals surface area (Å²) in [5.41, 5.74) is 2.87. The fraction of sp³-hybridized carbons (Fsp3) is 0.458. The van der Waals surface area contributed by atoms with Crippen molar-refractivity contribution in [2.45, 2.75) is 67.7 Å². The standard InChI is InChI=1S/C24H31NO2S/c1-24(2,3)19-12-14-20(15-13-19)28-22-11-5-4-8-18(22)9-6-16-25-17-7-10-21(25)23(26)27/h4-5,8,11-15,21H,6-7,9-10,16-17H2,1-3H3,(H,26,27)/t21-/m0/s1. The second-order valence-corrected chi connectivity index (χ2v) is 9.74. The Bertz CT molecular complexity index is 795. The van der Waals surface area contributed by atoms with Crippen molar-refractivity contribution in [3.05, 3.63) is 59.7 Å². The molecule has 0 bridgehead atoms. The summed E-state index contributed by atoms with van der Waals surface area (Å²) in [6, 6.07) is 17.2. The SMILES string of the molecule is CC(C)(C)c1ccc(Sc2ccccc2CCCN2CCC[C@H]2C(=O)O)cc1. The molecule has 2 aromatic carbocycles. The summed E-state index contributed by atoms with van der Waals surface area (Å²) in [5.74, 6) is -0.674. The molecule has 3 rings (SSSR count). The maximum Gasteiger partial charge on any atom is 0.320 e. The highest BCUT2D eigenvalue weighted by Gasteiger charge is 2.29. The van der Waals surface area contributed by atoms with Crippen LogP contribution < -0.4 is 0 Å². The van der Waals surface area contributed by atoms with E-state index < -0.39 is 5.97 Å². The molecule has 0 unspecified atom stereocenters. The van der Waals surface area contributed by atoms with Gasteiger partial charge < -0.3 is 5.11 Å². The minimum absolute atomic E-state index is 0.171. The van der Waals surface area contributed by atoms with E-state index in [4.69, 9.17) is 0 Å². The first-order valence-corrected chi connectivity index (χ1v) is 11.0. The molecular formula is C24H31NO2S. The zero-order valence-electron chi connectivity index (χ0n) is 17.1. The van der Waals surface area contributed by atoms with Crippen LogP contribution in [0.4, 0.5) is 0 Å². The lowest BCUT2D eigenvalue weighted by Gasteiger charge is -2.21. The Kier molecular flexibility index (Phi) is 6.84. The molecule has 1 atom stereocenters. The number of aliphatic carboxylic acids is 1. The quantitative estimate of drug-likeness (QED) is 0.658. The van der Waals surface area contributed by atoms with Gasteiger partial charge in [0, 0.05) is 9.79 Å². The van der Waals surface area contributed by atoms with Crippen molar-refractivity contribution in [1.82, 2.24) is 4.90 Å². The number of aryl methyl sites for hydroxylation is 1. The third-order valence-electron chi connectivity index (χ3n) is 5.46. The van der Waals surface area contributed by atoms with Gasteiger partial charge in [0.2, 0.25) is 0 Å². The fourth-order valence-electron chi connectivity index (χ4n) is 3.81. The molecule has 4 heteroatoms. The molecule has 2 aromatic rings. The number of benzene rings is 2. The van der Waals surface area contributed by atoms with Crippen LogP contribution in [0, 0.1) is 0 Å². The number of nitrogens with zero attached hydrogens (tertiary/aromatic N) is 1. The van der Waals surface area contributed by atoms with Gasteiger partial charge in [0.25, 0.3) is 0 Å². The monoisotopic (exact) mass is 397 g/mol. The van der Waals surface area contributed by atoms with Gasteiger partial charge in [-0.15, -0.1) is 0 Å². The van der Waals surface area contributed by atoms with Crippen molar-refractivity contribution in [3.63, 3.8) is 0 Å². The van der Waals surface area contributed by atoms with Gasteiger partial charge in [-0.3, -0.25) is 9.69 Å². The van der Waals surface area contributed by atoms with E-state index in [1.165, 1.54) is 20.9 Å². The lowest BCUT2D eigenvalue weighted by molar-refractivity contribution is -0.142. The van der Waals surface area contributed by atoms with E-state index in [9.17, 15) is 9.90 Å². The predicted octanol–water partition coefficient (Wildman–Crippen LogP) is 5.62. The third kappa shape index (κ3) is 5.39. The Labute approximate surface area is 173 Å². The van der Waals surface area contributed by atoms with Crippen molar-refractivity contribution in [2.24, 2.45) is 0 Å². The lowest BCUT2D eigenvalue weighted by Crippen LogP contribution is -2.36. The molecule has 1 N–H and O–H groups in total. The van der Waals surface area contributed by atoms with Gasteiger partial charge in [0.1, 0.15) is 6.04 Å². The summed E-state index contributed by atoms with van der Waals surface area (Å²) < 4.78 is 0. The first-order chi connectivity index (χ1) is 13.3. The molecule has 0 saturated carbocycles. The molecule has 28 heavy (non-hydrogen) atoms. The van der Waals surface area contributed by atoms with Crippen molar-refractivity contribution >= 4 is 17.7 Å². The van der Waals surface area contributed by atoms with Crippen LogP contribution in [-0.2, 0) is 16.6 Å². The van der Waals surface area contributed by atoms with Crippen LogP contribution in [0.5, 0.6) is 0 Å². The molecule has 0 spiro atoms. The maximum absolute atomic E-state index is 11.3. The minimum Gasteiger partial charge on any atom is -0.480 e. The minimum atomic E-state index is -0.674. The molecule has 1 saturated heterocycles. The molecule has 150 valence electrons. The molecule has 0 amide bonds. The van der Waals surface area contributed by atoms with E-state index in [-0.39, 0.29) is 11.5 Å². The Morgan fingerprint density at radius 1 is 1.14 bits per heavy atom. The van der Waals surface area contributed by atoms with Crippen molar-refractivity contribution in [2.75, 3.05) is 13.1 Å². The molecule has 0 aliphatic carbocycles. The number of carboxylic acid groups (broad SMARTS) is 1. The van der Waals surface area contributed by atoms with Crippen molar-refractivity contribution in [3.8, 4) is 0 Å². The first kappa shape index (κ1) is 20.9. The highest BCUT2D eigenvalue weighted by molar-refractivity contribution is 7.99. The third-order valence-corrected chi connectivity index (χ3v) is 6.59. The number of likely N-dealkylation sites (tertiary alicyclic amines) is 1. The second kappa shape index (κ2) is 9.15. The fourth-order valence-corrected chi connectivity index (χ4v) is 4.78. The van der Waals surface area contributed by atoms with Crippen LogP contribution in [0.1, 0.15) is 51.2 Å². The molecule has 0 radical (unpaired) electrons.